The molecule has 3 fully saturated rings. The maximum absolute atomic E-state index is 14.2. The molecule has 4 unspecified atom stereocenters. The Labute approximate surface area is 220 Å². The number of epoxide rings is 1. The van der Waals surface area contributed by atoms with Crippen molar-refractivity contribution in [2.75, 3.05) is 0 Å². The van der Waals surface area contributed by atoms with Crippen molar-refractivity contribution in [3.8, 4) is 5.75 Å². The molecule has 2 N–H and O–H groups in total. The fourth-order valence-electron chi connectivity index (χ4n) is 7.03. The minimum Gasteiger partial charge on any atom is -0.506 e. The highest BCUT2D eigenvalue weighted by molar-refractivity contribution is 6.01. The standard InChI is InChI=1S/C28H35NO9/c1-13-5-8-18-17(11-13)7-6-14(2)21(18)24(34)22-23(33)19(12-29(27(22)35)38-16(4)31)28(37-15(3)30)10-9-20(32)25-26(28)36-25/h6-7,12-14,17-18,20-21,25-26,32-33H,5,8-11H2,1-4H3/t13-,14-,17-,18-,20?,21-,25?,26?,28?/m0/s1. The van der Waals surface area contributed by atoms with Crippen LogP contribution in [0, 0.1) is 29.6 Å². The highest BCUT2D eigenvalue weighted by Crippen LogP contribution is 2.54. The van der Waals surface area contributed by atoms with Gasteiger partial charge in [0.25, 0.3) is 5.56 Å². The van der Waals surface area contributed by atoms with E-state index in [9.17, 15) is 29.4 Å². The summed E-state index contributed by atoms with van der Waals surface area (Å²) in [4.78, 5) is 57.0. The summed E-state index contributed by atoms with van der Waals surface area (Å²) < 4.78 is 12.0. The predicted molar refractivity (Wildman–Crippen MR) is 133 cm³/mol. The second-order valence-corrected chi connectivity index (χ2v) is 11.5. The van der Waals surface area contributed by atoms with Crippen molar-refractivity contribution in [1.29, 1.82) is 0 Å². The Balaban J connectivity index is 1.66. The Morgan fingerprint density at radius 2 is 1.84 bits per heavy atom. The van der Waals surface area contributed by atoms with Crippen molar-refractivity contribution in [1.82, 2.24) is 4.73 Å². The molecule has 0 spiro atoms. The van der Waals surface area contributed by atoms with Crippen molar-refractivity contribution in [2.24, 2.45) is 29.6 Å². The molecule has 4 aliphatic rings. The van der Waals surface area contributed by atoms with Gasteiger partial charge in [-0.15, -0.1) is 4.73 Å². The summed E-state index contributed by atoms with van der Waals surface area (Å²) in [5.74, 6) is -2.62. The predicted octanol–water partition coefficient (Wildman–Crippen LogP) is 2.27. The van der Waals surface area contributed by atoms with E-state index in [4.69, 9.17) is 14.3 Å². The number of fused-ring (bicyclic) bond motifs is 2. The molecule has 9 atom stereocenters. The zero-order valence-electron chi connectivity index (χ0n) is 22.1. The molecule has 38 heavy (non-hydrogen) atoms. The number of aromatic hydroxyl groups is 1. The van der Waals surface area contributed by atoms with E-state index < -0.39 is 64.4 Å². The highest BCUT2D eigenvalue weighted by atomic mass is 16.7. The van der Waals surface area contributed by atoms with Gasteiger partial charge >= 0.3 is 11.9 Å². The average molecular weight is 530 g/mol. The first kappa shape index (κ1) is 26.6. The van der Waals surface area contributed by atoms with Crippen LogP contribution in [0.5, 0.6) is 5.75 Å². The van der Waals surface area contributed by atoms with E-state index in [0.29, 0.717) is 10.6 Å². The molecule has 2 heterocycles. The van der Waals surface area contributed by atoms with Gasteiger partial charge in [0, 0.05) is 19.8 Å². The van der Waals surface area contributed by atoms with Crippen LogP contribution in [0.3, 0.4) is 0 Å². The van der Waals surface area contributed by atoms with Crippen LogP contribution in [0.2, 0.25) is 0 Å². The number of nitrogens with zero attached hydrogens (tertiary/aromatic N) is 1. The van der Waals surface area contributed by atoms with Gasteiger partial charge in [-0.05, 0) is 49.4 Å². The van der Waals surface area contributed by atoms with E-state index in [-0.39, 0.29) is 36.2 Å². The first-order valence-electron chi connectivity index (χ1n) is 13.4. The smallest absolute Gasteiger partial charge is 0.330 e. The van der Waals surface area contributed by atoms with E-state index in [0.717, 1.165) is 32.4 Å². The van der Waals surface area contributed by atoms with Crippen LogP contribution in [-0.4, -0.2) is 51.0 Å². The van der Waals surface area contributed by atoms with Gasteiger partial charge < -0.3 is 24.5 Å². The van der Waals surface area contributed by atoms with E-state index in [1.165, 1.54) is 6.92 Å². The molecule has 10 nitrogen and oxygen atoms in total. The summed E-state index contributed by atoms with van der Waals surface area (Å²) in [6.45, 7) is 6.43. The van der Waals surface area contributed by atoms with Gasteiger partial charge in [-0.3, -0.25) is 14.4 Å². The number of Topliss-reactive ketones (excluding diaryl/α,β-unsaturated/α-hetero) is 1. The number of rotatable bonds is 5. The van der Waals surface area contributed by atoms with Gasteiger partial charge in [-0.25, -0.2) is 4.79 Å². The number of ether oxygens (including phenoxy) is 2. The van der Waals surface area contributed by atoms with Crippen LogP contribution in [0.15, 0.2) is 23.1 Å². The number of aliphatic hydroxyl groups excluding tert-OH is 1. The number of aliphatic hydroxyl groups is 1. The van der Waals surface area contributed by atoms with Crippen LogP contribution in [0.25, 0.3) is 0 Å². The number of hydrogen-bond donors (Lipinski definition) is 2. The number of ketones is 1. The quantitative estimate of drug-likeness (QED) is 0.254. The normalized spacial score (nSPS) is 37.5. The van der Waals surface area contributed by atoms with Gasteiger partial charge in [-0.2, -0.15) is 0 Å². The fraction of sp³-hybridized carbons (Fsp3) is 0.643. The van der Waals surface area contributed by atoms with Crippen LogP contribution in [-0.2, 0) is 24.7 Å². The van der Waals surface area contributed by atoms with Crippen molar-refractivity contribution in [2.45, 2.75) is 83.7 Å². The molecular formula is C28H35NO9. The topological polar surface area (TPSA) is 145 Å². The Kier molecular flexibility index (Phi) is 6.76. The number of allylic oxidation sites excluding steroid dienone is 2. The third-order valence-corrected chi connectivity index (χ3v) is 8.79. The molecule has 0 radical (unpaired) electrons. The first-order chi connectivity index (χ1) is 17.9. The lowest BCUT2D eigenvalue weighted by Crippen LogP contribution is -2.47. The summed E-state index contributed by atoms with van der Waals surface area (Å²) in [5.41, 5.74) is -3.10. The lowest BCUT2D eigenvalue weighted by atomic mass is 9.61. The van der Waals surface area contributed by atoms with Gasteiger partial charge in [0.2, 0.25) is 0 Å². The molecule has 0 aromatic carbocycles. The number of carbonyl (C=O) groups excluding carboxylic acids is 3. The molecule has 10 heteroatoms. The van der Waals surface area contributed by atoms with E-state index in [1.807, 2.05) is 13.0 Å². The van der Waals surface area contributed by atoms with Gasteiger partial charge in [0.05, 0.1) is 17.9 Å². The molecule has 1 aromatic heterocycles. The van der Waals surface area contributed by atoms with Crippen molar-refractivity contribution in [3.63, 3.8) is 0 Å². The van der Waals surface area contributed by atoms with E-state index in [2.05, 4.69) is 13.0 Å². The molecule has 1 aliphatic heterocycles. The molecule has 2 saturated carbocycles. The Morgan fingerprint density at radius 3 is 2.53 bits per heavy atom. The zero-order valence-corrected chi connectivity index (χ0v) is 22.1. The third kappa shape index (κ3) is 4.37. The minimum absolute atomic E-state index is 0.00624. The third-order valence-electron chi connectivity index (χ3n) is 8.79. The van der Waals surface area contributed by atoms with Crippen LogP contribution in [0.1, 0.15) is 75.7 Å². The Morgan fingerprint density at radius 1 is 1.11 bits per heavy atom. The van der Waals surface area contributed by atoms with Gasteiger partial charge in [0.15, 0.2) is 11.4 Å². The second-order valence-electron chi connectivity index (χ2n) is 11.5. The van der Waals surface area contributed by atoms with Gasteiger partial charge in [0.1, 0.15) is 23.5 Å². The molecule has 206 valence electrons. The van der Waals surface area contributed by atoms with E-state index in [1.54, 1.807) is 0 Å². The molecule has 1 aromatic rings. The van der Waals surface area contributed by atoms with Crippen LogP contribution in [0.4, 0.5) is 0 Å². The number of pyridine rings is 1. The highest BCUT2D eigenvalue weighted by Gasteiger charge is 2.65. The number of aromatic nitrogens is 1. The summed E-state index contributed by atoms with van der Waals surface area (Å²) in [5, 5.41) is 21.9. The second kappa shape index (κ2) is 9.64. The van der Waals surface area contributed by atoms with Crippen molar-refractivity contribution in [3.05, 3.63) is 39.8 Å². The van der Waals surface area contributed by atoms with Crippen LogP contribution >= 0.6 is 0 Å². The maximum Gasteiger partial charge on any atom is 0.330 e. The summed E-state index contributed by atoms with van der Waals surface area (Å²) >= 11 is 0. The Hall–Kier alpha value is -2.98. The monoisotopic (exact) mass is 529 g/mol. The molecule has 0 amide bonds. The molecule has 3 aliphatic carbocycles. The van der Waals surface area contributed by atoms with Crippen molar-refractivity contribution >= 4 is 17.7 Å². The molecular weight excluding hydrogens is 494 g/mol. The largest absolute Gasteiger partial charge is 0.506 e. The Bertz CT molecular complexity index is 1250. The average Bonchev–Trinajstić information content (AvgIpc) is 3.65. The lowest BCUT2D eigenvalue weighted by Gasteiger charge is -2.42. The van der Waals surface area contributed by atoms with Crippen LogP contribution < -0.4 is 10.4 Å². The summed E-state index contributed by atoms with van der Waals surface area (Å²) in [7, 11) is 0. The molecule has 1 saturated heterocycles. The summed E-state index contributed by atoms with van der Waals surface area (Å²) in [6.07, 6.45) is 6.02. The maximum atomic E-state index is 14.2. The first-order valence-corrected chi connectivity index (χ1v) is 13.4. The lowest BCUT2D eigenvalue weighted by molar-refractivity contribution is -0.164. The zero-order chi connectivity index (χ0) is 27.5. The summed E-state index contributed by atoms with van der Waals surface area (Å²) in [6, 6.07) is 0. The molecule has 0 bridgehead atoms. The van der Waals surface area contributed by atoms with E-state index >= 15 is 0 Å². The number of esters is 1. The number of carbonyl (C=O) groups is 3. The fourth-order valence-corrected chi connectivity index (χ4v) is 7.03. The van der Waals surface area contributed by atoms with Gasteiger partial charge in [-0.1, -0.05) is 32.4 Å². The minimum atomic E-state index is -1.58. The number of hydrogen-bond acceptors (Lipinski definition) is 9. The molecule has 5 rings (SSSR count). The van der Waals surface area contributed by atoms with Crippen molar-refractivity contribution < 1.29 is 38.9 Å². The SMILES string of the molecule is CC(=O)On1cc(C2(OC(C)=O)CCC(O)C3OC32)c(O)c(C(=O)[C@@H]2[C@H]3CC[C@H](C)C[C@@H]3C=C[C@@H]2C)c1=O.